The van der Waals surface area contributed by atoms with Gasteiger partial charge in [-0.1, -0.05) is 5.64 Å². The molecule has 1 rings (SSSR count). The molecule has 0 amide bonds. The summed E-state index contributed by atoms with van der Waals surface area (Å²) in [6.45, 7) is 0. The monoisotopic (exact) mass is 426 g/mol. The SMILES string of the molecule is ONON(C(=S)[S-])N(C(=S)[S-])c1ncco1.[O]=[Mo+2]=[O]. The van der Waals surface area contributed by atoms with E-state index < -0.39 is 18.5 Å². The van der Waals surface area contributed by atoms with Gasteiger partial charge in [-0.15, -0.1) is 4.94 Å². The van der Waals surface area contributed by atoms with Gasteiger partial charge in [-0.05, 0) is 8.64 Å². The Bertz CT molecular complexity index is 452. The summed E-state index contributed by atoms with van der Waals surface area (Å²) in [6.07, 6.45) is 2.67. The van der Waals surface area contributed by atoms with Crippen LogP contribution in [0.15, 0.2) is 16.9 Å². The van der Waals surface area contributed by atoms with Crippen molar-refractivity contribution in [2.24, 2.45) is 0 Å². The molecule has 1 aromatic rings. The number of nitrogens with one attached hydrogen (secondary N) is 1. The molecule has 0 radical (unpaired) electrons. The van der Waals surface area contributed by atoms with Crippen LogP contribution in [0.1, 0.15) is 0 Å². The molecule has 0 saturated heterocycles. The number of hydrogen-bond donors (Lipinski definition) is 2. The number of hydrazine groups is 1. The zero-order chi connectivity index (χ0) is 14.8. The van der Waals surface area contributed by atoms with Crippen molar-refractivity contribution in [1.29, 1.82) is 0 Å². The van der Waals surface area contributed by atoms with Gasteiger partial charge in [0.05, 0.1) is 6.20 Å². The molecule has 0 atom stereocenters. The maximum atomic E-state index is 8.50. The molecule has 0 aliphatic rings. The number of rotatable bonds is 3. The Hall–Kier alpha value is -0.402. The summed E-state index contributed by atoms with van der Waals surface area (Å²) in [4.78, 5) is 8.31. The molecular formula is C5H4MoN4O5S4. The van der Waals surface area contributed by atoms with Gasteiger partial charge < -0.3 is 54.1 Å². The quantitative estimate of drug-likeness (QED) is 0.293. The third kappa shape index (κ3) is 6.53. The summed E-state index contributed by atoms with van der Waals surface area (Å²) in [6, 6.07) is 0.00227. The second-order valence-corrected chi connectivity index (χ2v) is 4.58. The molecule has 1 heterocycles. The Morgan fingerprint density at radius 3 is 2.37 bits per heavy atom. The van der Waals surface area contributed by atoms with E-state index >= 15 is 0 Å². The number of anilines is 1. The van der Waals surface area contributed by atoms with Crippen LogP contribution in [0.25, 0.3) is 0 Å². The van der Waals surface area contributed by atoms with E-state index in [4.69, 9.17) is 66.1 Å². The molecule has 0 aliphatic heterocycles. The molecule has 0 spiro atoms. The normalized spacial score (nSPS) is 8.68. The van der Waals surface area contributed by atoms with E-state index in [-0.39, 0.29) is 14.7 Å². The Kier molecular flexibility index (Phi) is 10.2. The van der Waals surface area contributed by atoms with Gasteiger partial charge in [0.15, 0.2) is 0 Å². The topological polar surface area (TPSA) is 108 Å². The molecule has 19 heavy (non-hydrogen) atoms. The average Bonchev–Trinajstić information content (AvgIpc) is 2.82. The van der Waals surface area contributed by atoms with E-state index in [1.807, 2.05) is 0 Å². The molecule has 2 N–H and O–H groups in total. The van der Waals surface area contributed by atoms with Gasteiger partial charge in [0, 0.05) is 0 Å². The fourth-order valence-corrected chi connectivity index (χ4v) is 1.29. The van der Waals surface area contributed by atoms with Gasteiger partial charge in [0.25, 0.3) is 0 Å². The van der Waals surface area contributed by atoms with Gasteiger partial charge in [0.1, 0.15) is 6.26 Å². The molecule has 14 heteroatoms. The fraction of sp³-hybridized carbons (Fsp3) is 0. The number of oxazole rings is 1. The summed E-state index contributed by atoms with van der Waals surface area (Å²) in [7, 11) is 0. The van der Waals surface area contributed by atoms with E-state index in [0.29, 0.717) is 0 Å². The molecule has 0 aromatic carbocycles. The van der Waals surface area contributed by atoms with Gasteiger partial charge in [-0.25, -0.2) is 4.98 Å². The molecular weight excluding hydrogens is 420 g/mol. The van der Waals surface area contributed by atoms with Crippen LogP contribution in [0.5, 0.6) is 0 Å². The van der Waals surface area contributed by atoms with E-state index in [2.05, 4.69) is 9.92 Å². The Morgan fingerprint density at radius 1 is 1.47 bits per heavy atom. The first-order chi connectivity index (χ1) is 8.99. The Balaban J connectivity index is 0.000000982. The predicted octanol–water partition coefficient (Wildman–Crippen LogP) is -0.0531. The number of hydroxylamine groups is 1. The summed E-state index contributed by atoms with van der Waals surface area (Å²) < 4.78 is 21.7. The third-order valence-electron chi connectivity index (χ3n) is 1.24. The molecule has 0 fully saturated rings. The maximum absolute atomic E-state index is 8.50. The zero-order valence-electron chi connectivity index (χ0n) is 8.62. The average molecular weight is 424 g/mol. The van der Waals surface area contributed by atoms with Crippen molar-refractivity contribution in [3.63, 3.8) is 0 Å². The van der Waals surface area contributed by atoms with Crippen LogP contribution >= 0.6 is 24.4 Å². The molecule has 0 saturated carbocycles. The number of thiocarbonyl (C=S) groups is 2. The van der Waals surface area contributed by atoms with Crippen LogP contribution in [-0.2, 0) is 55.5 Å². The van der Waals surface area contributed by atoms with Gasteiger partial charge >= 0.3 is 31.3 Å². The summed E-state index contributed by atoms with van der Waals surface area (Å²) >= 11 is 16.9. The first-order valence-electron chi connectivity index (χ1n) is 3.89. The van der Waals surface area contributed by atoms with Gasteiger partial charge in [0.2, 0.25) is 0 Å². The Morgan fingerprint density at radius 2 is 2.05 bits per heavy atom. The molecule has 0 bridgehead atoms. The van der Waals surface area contributed by atoms with E-state index in [9.17, 15) is 0 Å². The van der Waals surface area contributed by atoms with Crippen molar-refractivity contribution in [3.05, 3.63) is 12.5 Å². The summed E-state index contributed by atoms with van der Waals surface area (Å²) in [5.41, 5.74) is 1.40. The van der Waals surface area contributed by atoms with Crippen LogP contribution in [0.4, 0.5) is 6.01 Å². The van der Waals surface area contributed by atoms with Gasteiger partial charge in [-0.2, -0.15) is 10.2 Å². The van der Waals surface area contributed by atoms with Crippen LogP contribution in [0.3, 0.4) is 0 Å². The molecule has 9 nitrogen and oxygen atoms in total. The van der Waals surface area contributed by atoms with Crippen molar-refractivity contribution in [2.45, 2.75) is 0 Å². The van der Waals surface area contributed by atoms with Crippen LogP contribution < -0.4 is 10.7 Å². The van der Waals surface area contributed by atoms with Crippen molar-refractivity contribution in [2.75, 3.05) is 5.01 Å². The predicted molar refractivity (Wildman–Crippen MR) is 68.1 cm³/mol. The standard InChI is InChI=1S/C5H6N4O3S4.Mo.2O/c10-7-12-9(5(15)16)8(4(13)14)3-6-1-2-11-3;;;/h1-2,7,10H,(H,13,14)(H,15,16);;;/q;+2;;/p-2. The van der Waals surface area contributed by atoms with Crippen LogP contribution in [0.2, 0.25) is 0 Å². The minimum absolute atomic E-state index is 0.00227. The minimum atomic E-state index is -2.03. The van der Waals surface area contributed by atoms with Crippen molar-refractivity contribution < 1.29 is 39.8 Å². The van der Waals surface area contributed by atoms with E-state index in [1.54, 1.807) is 0 Å². The molecule has 0 aliphatic carbocycles. The first kappa shape index (κ1) is 18.6. The summed E-state index contributed by atoms with van der Waals surface area (Å²) in [5, 5.41) is 10.2. The molecule has 104 valence electrons. The summed E-state index contributed by atoms with van der Waals surface area (Å²) in [5.74, 6) is 0. The number of nitrogens with zero attached hydrogens (tertiary/aromatic N) is 3. The Labute approximate surface area is 137 Å². The zero-order valence-corrected chi connectivity index (χ0v) is 13.9. The van der Waals surface area contributed by atoms with Gasteiger partial charge in [-0.3, -0.25) is 5.21 Å². The third-order valence-corrected chi connectivity index (χ3v) is 1.90. The fourth-order valence-electron chi connectivity index (χ4n) is 0.749. The van der Waals surface area contributed by atoms with Crippen molar-refractivity contribution in [3.8, 4) is 0 Å². The second kappa shape index (κ2) is 10.4. The van der Waals surface area contributed by atoms with Crippen molar-refractivity contribution >= 4 is 64.3 Å². The van der Waals surface area contributed by atoms with Crippen LogP contribution in [0, 0.1) is 0 Å². The number of hydrogen-bond acceptors (Lipinski definition) is 11. The molecule has 0 unspecified atom stereocenters. The van der Waals surface area contributed by atoms with E-state index in [0.717, 1.165) is 10.2 Å². The van der Waals surface area contributed by atoms with E-state index in [1.165, 1.54) is 18.1 Å². The number of aromatic nitrogens is 1. The second-order valence-electron chi connectivity index (χ2n) is 2.18. The molecule has 1 aromatic heterocycles. The first-order valence-corrected chi connectivity index (χ1v) is 7.16. The van der Waals surface area contributed by atoms with Crippen LogP contribution in [-0.4, -0.2) is 24.0 Å². The van der Waals surface area contributed by atoms with Crippen molar-refractivity contribution in [1.82, 2.24) is 15.8 Å².